The van der Waals surface area contributed by atoms with Crippen LogP contribution in [0.25, 0.3) is 0 Å². The fourth-order valence-corrected chi connectivity index (χ4v) is 2.33. The molecule has 0 saturated carbocycles. The number of nitrogens with two attached hydrogens (primary N) is 1. The van der Waals surface area contributed by atoms with Crippen molar-refractivity contribution >= 4 is 29.3 Å². The van der Waals surface area contributed by atoms with E-state index in [0.717, 1.165) is 0 Å². The maximum Gasteiger partial charge on any atom is 0.320 e. The predicted octanol–water partition coefficient (Wildman–Crippen LogP) is 1.69. The van der Waals surface area contributed by atoms with Crippen LogP contribution in [-0.4, -0.2) is 34.5 Å². The predicted molar refractivity (Wildman–Crippen MR) is 77.2 cm³/mol. The summed E-state index contributed by atoms with van der Waals surface area (Å²) < 4.78 is 13.3. The molecule has 0 aliphatic carbocycles. The summed E-state index contributed by atoms with van der Waals surface area (Å²) in [6.45, 7) is 0. The van der Waals surface area contributed by atoms with Crippen LogP contribution in [-0.2, 0) is 9.59 Å². The number of para-hydroxylation sites is 1. The highest BCUT2D eigenvalue weighted by Gasteiger charge is 2.11. The number of aliphatic carboxylic acids is 1. The topological polar surface area (TPSA) is 92.4 Å². The summed E-state index contributed by atoms with van der Waals surface area (Å²) in [6, 6.07) is 5.09. The number of carboxylic acid groups (broad SMARTS) is 1. The Labute approximate surface area is 120 Å². The number of anilines is 1. The maximum atomic E-state index is 13.3. The zero-order valence-electron chi connectivity index (χ0n) is 10.8. The van der Waals surface area contributed by atoms with Gasteiger partial charge in [-0.1, -0.05) is 12.1 Å². The van der Waals surface area contributed by atoms with Crippen LogP contribution in [0.2, 0.25) is 0 Å². The van der Waals surface area contributed by atoms with Gasteiger partial charge in [-0.2, -0.15) is 11.8 Å². The van der Waals surface area contributed by atoms with Crippen LogP contribution < -0.4 is 11.1 Å². The molecule has 0 saturated heterocycles. The van der Waals surface area contributed by atoms with Gasteiger partial charge < -0.3 is 16.2 Å². The molecule has 1 atom stereocenters. The normalized spacial score (nSPS) is 11.9. The van der Waals surface area contributed by atoms with E-state index in [-0.39, 0.29) is 18.0 Å². The number of amides is 1. The molecule has 0 aromatic heterocycles. The molecule has 4 N–H and O–H groups in total. The van der Waals surface area contributed by atoms with Crippen molar-refractivity contribution in [2.45, 2.75) is 18.9 Å². The first-order chi connectivity index (χ1) is 9.50. The van der Waals surface area contributed by atoms with Crippen molar-refractivity contribution in [2.75, 3.05) is 16.8 Å². The molecular formula is C13H17FN2O3S. The van der Waals surface area contributed by atoms with E-state index < -0.39 is 17.8 Å². The Morgan fingerprint density at radius 3 is 2.70 bits per heavy atom. The number of carboxylic acids is 1. The summed E-state index contributed by atoms with van der Waals surface area (Å²) in [5.74, 6) is -0.665. The van der Waals surface area contributed by atoms with Gasteiger partial charge in [0.15, 0.2) is 0 Å². The lowest BCUT2D eigenvalue weighted by molar-refractivity contribution is -0.138. The van der Waals surface area contributed by atoms with Gasteiger partial charge in [0.05, 0.1) is 5.69 Å². The van der Waals surface area contributed by atoms with Crippen LogP contribution in [0.15, 0.2) is 24.3 Å². The Balaban J connectivity index is 2.18. The largest absolute Gasteiger partial charge is 0.480 e. The van der Waals surface area contributed by atoms with Crippen LogP contribution in [0.1, 0.15) is 12.8 Å². The van der Waals surface area contributed by atoms with Crippen molar-refractivity contribution in [1.82, 2.24) is 0 Å². The van der Waals surface area contributed by atoms with Crippen LogP contribution in [0.4, 0.5) is 10.1 Å². The summed E-state index contributed by atoms with van der Waals surface area (Å²) in [5.41, 5.74) is 5.51. The summed E-state index contributed by atoms with van der Waals surface area (Å²) in [5, 5.41) is 11.1. The van der Waals surface area contributed by atoms with Gasteiger partial charge in [-0.25, -0.2) is 4.39 Å². The van der Waals surface area contributed by atoms with E-state index in [1.54, 1.807) is 12.1 Å². The Hall–Kier alpha value is -1.60. The van der Waals surface area contributed by atoms with Crippen LogP contribution in [0.5, 0.6) is 0 Å². The van der Waals surface area contributed by atoms with Gasteiger partial charge in [0.25, 0.3) is 0 Å². The molecule has 110 valence electrons. The number of carbonyl (C=O) groups is 2. The smallest absolute Gasteiger partial charge is 0.320 e. The van der Waals surface area contributed by atoms with Gasteiger partial charge in [0, 0.05) is 12.2 Å². The van der Waals surface area contributed by atoms with E-state index in [1.807, 2.05) is 0 Å². The number of halogens is 1. The minimum Gasteiger partial charge on any atom is -0.480 e. The fourth-order valence-electron chi connectivity index (χ4n) is 1.38. The average Bonchev–Trinajstić information content (AvgIpc) is 2.40. The maximum absolute atomic E-state index is 13.3. The zero-order chi connectivity index (χ0) is 15.0. The Morgan fingerprint density at radius 1 is 1.35 bits per heavy atom. The molecule has 0 radical (unpaired) electrons. The van der Waals surface area contributed by atoms with Crippen LogP contribution in [0.3, 0.4) is 0 Å². The number of benzene rings is 1. The first-order valence-corrected chi connectivity index (χ1v) is 7.26. The molecule has 1 aromatic carbocycles. The molecule has 1 aromatic rings. The van der Waals surface area contributed by atoms with E-state index >= 15 is 0 Å². The van der Waals surface area contributed by atoms with E-state index in [0.29, 0.717) is 17.9 Å². The molecule has 0 spiro atoms. The zero-order valence-corrected chi connectivity index (χ0v) is 11.7. The third-order valence-corrected chi connectivity index (χ3v) is 3.53. The van der Waals surface area contributed by atoms with Crippen LogP contribution in [0, 0.1) is 5.82 Å². The minimum absolute atomic E-state index is 0.162. The van der Waals surface area contributed by atoms with Gasteiger partial charge in [-0.15, -0.1) is 0 Å². The molecule has 0 fully saturated rings. The summed E-state index contributed by atoms with van der Waals surface area (Å²) in [6.07, 6.45) is 0.593. The lowest BCUT2D eigenvalue weighted by Gasteiger charge is -2.07. The molecule has 20 heavy (non-hydrogen) atoms. The first-order valence-electron chi connectivity index (χ1n) is 6.11. The summed E-state index contributed by atoms with van der Waals surface area (Å²) >= 11 is 1.44. The molecule has 0 aliphatic rings. The van der Waals surface area contributed by atoms with Gasteiger partial charge in [0.2, 0.25) is 5.91 Å². The quantitative estimate of drug-likeness (QED) is 0.635. The Bertz CT molecular complexity index is 471. The van der Waals surface area contributed by atoms with Crippen molar-refractivity contribution in [3.05, 3.63) is 30.1 Å². The van der Waals surface area contributed by atoms with Crippen molar-refractivity contribution in [1.29, 1.82) is 0 Å². The first kappa shape index (κ1) is 16.5. The molecular weight excluding hydrogens is 283 g/mol. The molecule has 0 bridgehead atoms. The summed E-state index contributed by atoms with van der Waals surface area (Å²) in [4.78, 5) is 22.0. The van der Waals surface area contributed by atoms with Gasteiger partial charge >= 0.3 is 5.97 Å². The number of hydrogen-bond donors (Lipinski definition) is 3. The number of hydrogen-bond acceptors (Lipinski definition) is 4. The third-order valence-electron chi connectivity index (χ3n) is 2.51. The van der Waals surface area contributed by atoms with Gasteiger partial charge in [0.1, 0.15) is 11.9 Å². The van der Waals surface area contributed by atoms with E-state index in [4.69, 9.17) is 10.8 Å². The highest BCUT2D eigenvalue weighted by atomic mass is 32.2. The standard InChI is InChI=1S/C13H17FN2O3S/c14-9-3-1-2-4-11(9)16-12(17)6-8-20-7-5-10(15)13(18)19/h1-4,10H,5-8,15H2,(H,16,17)(H,18,19). The molecule has 1 rings (SSSR count). The molecule has 0 aliphatic heterocycles. The van der Waals surface area contributed by atoms with Crippen molar-refractivity contribution in [3.8, 4) is 0 Å². The Kier molecular flexibility index (Phi) is 7.03. The van der Waals surface area contributed by atoms with E-state index in [2.05, 4.69) is 5.32 Å². The fraction of sp³-hybridized carbons (Fsp3) is 0.385. The van der Waals surface area contributed by atoms with Crippen molar-refractivity contribution in [3.63, 3.8) is 0 Å². The highest BCUT2D eigenvalue weighted by molar-refractivity contribution is 7.99. The molecule has 1 amide bonds. The highest BCUT2D eigenvalue weighted by Crippen LogP contribution is 2.13. The van der Waals surface area contributed by atoms with Crippen molar-refractivity contribution in [2.24, 2.45) is 5.73 Å². The Morgan fingerprint density at radius 2 is 2.05 bits per heavy atom. The van der Waals surface area contributed by atoms with Crippen molar-refractivity contribution < 1.29 is 19.1 Å². The third kappa shape index (κ3) is 6.03. The van der Waals surface area contributed by atoms with E-state index in [1.165, 1.54) is 23.9 Å². The number of nitrogens with one attached hydrogen (secondary N) is 1. The molecule has 7 heteroatoms. The monoisotopic (exact) mass is 300 g/mol. The van der Waals surface area contributed by atoms with Gasteiger partial charge in [-0.3, -0.25) is 9.59 Å². The van der Waals surface area contributed by atoms with Crippen LogP contribution >= 0.6 is 11.8 Å². The minimum atomic E-state index is -1.03. The second kappa shape index (κ2) is 8.55. The number of thioether (sulfide) groups is 1. The molecule has 1 unspecified atom stereocenters. The average molecular weight is 300 g/mol. The summed E-state index contributed by atoms with van der Waals surface area (Å²) in [7, 11) is 0. The second-order valence-corrected chi connectivity index (χ2v) is 5.35. The lowest BCUT2D eigenvalue weighted by atomic mass is 10.2. The SMILES string of the molecule is NC(CCSCCC(=O)Nc1ccccc1F)C(=O)O. The van der Waals surface area contributed by atoms with Gasteiger partial charge in [-0.05, 0) is 24.3 Å². The molecule has 5 nitrogen and oxygen atoms in total. The molecule has 0 heterocycles. The number of rotatable bonds is 8. The number of carbonyl (C=O) groups excluding carboxylic acids is 1. The second-order valence-electron chi connectivity index (χ2n) is 4.12. The van der Waals surface area contributed by atoms with E-state index in [9.17, 15) is 14.0 Å². The lowest BCUT2D eigenvalue weighted by Crippen LogP contribution is -2.30.